The van der Waals surface area contributed by atoms with Gasteiger partial charge in [-0.05, 0) is 13.3 Å². The summed E-state index contributed by atoms with van der Waals surface area (Å²) in [5.74, 6) is -0.349. The molecule has 12 heavy (non-hydrogen) atoms. The van der Waals surface area contributed by atoms with Gasteiger partial charge >= 0.3 is 5.97 Å². The largest absolute Gasteiger partial charge is 0.466 e. The molecule has 0 aliphatic heterocycles. The van der Waals surface area contributed by atoms with Gasteiger partial charge in [0.15, 0.2) is 0 Å². The molecule has 0 aromatic heterocycles. The Bertz CT molecular complexity index is 178. The Morgan fingerprint density at radius 1 is 1.67 bits per heavy atom. The first-order valence-corrected chi connectivity index (χ1v) is 4.01. The molecule has 0 aromatic rings. The Balaban J connectivity index is 2.14. The summed E-state index contributed by atoms with van der Waals surface area (Å²) in [6.45, 7) is 2.23. The van der Waals surface area contributed by atoms with E-state index in [0.29, 0.717) is 19.3 Å². The second-order valence-corrected chi connectivity index (χ2v) is 2.63. The van der Waals surface area contributed by atoms with Gasteiger partial charge in [0.2, 0.25) is 0 Å². The molecule has 2 unspecified atom stereocenters. The van der Waals surface area contributed by atoms with Crippen molar-refractivity contribution in [2.75, 3.05) is 13.2 Å². The maximum absolute atomic E-state index is 11.0. The summed E-state index contributed by atoms with van der Waals surface area (Å²) in [7, 11) is 0. The number of ether oxygens (including phenoxy) is 2. The van der Waals surface area contributed by atoms with Gasteiger partial charge in [-0.1, -0.05) is 0 Å². The Labute approximate surface area is 70.8 Å². The van der Waals surface area contributed by atoms with Crippen LogP contribution in [-0.2, 0) is 19.1 Å². The van der Waals surface area contributed by atoms with Gasteiger partial charge in [-0.3, -0.25) is 4.79 Å². The molecule has 0 radical (unpaired) electrons. The van der Waals surface area contributed by atoms with Gasteiger partial charge in [-0.2, -0.15) is 0 Å². The first-order chi connectivity index (χ1) is 5.79. The quantitative estimate of drug-likeness (QED) is 0.437. The average molecular weight is 172 g/mol. The number of carbonyl (C=O) groups is 2. The van der Waals surface area contributed by atoms with E-state index in [2.05, 4.69) is 0 Å². The van der Waals surface area contributed by atoms with E-state index in [1.165, 1.54) is 0 Å². The summed E-state index contributed by atoms with van der Waals surface area (Å²) in [6, 6.07) is 0. The normalized spacial score (nSPS) is 26.4. The van der Waals surface area contributed by atoms with Gasteiger partial charge < -0.3 is 14.3 Å². The predicted molar refractivity (Wildman–Crippen MR) is 40.5 cm³/mol. The van der Waals surface area contributed by atoms with Crippen LogP contribution in [0.4, 0.5) is 0 Å². The summed E-state index contributed by atoms with van der Waals surface area (Å²) in [4.78, 5) is 20.9. The van der Waals surface area contributed by atoms with E-state index in [4.69, 9.17) is 9.47 Å². The Morgan fingerprint density at radius 2 is 2.42 bits per heavy atom. The monoisotopic (exact) mass is 172 g/mol. The van der Waals surface area contributed by atoms with Gasteiger partial charge in [0, 0.05) is 0 Å². The molecule has 0 spiro atoms. The van der Waals surface area contributed by atoms with Gasteiger partial charge in [-0.25, -0.2) is 0 Å². The van der Waals surface area contributed by atoms with Crippen molar-refractivity contribution in [2.45, 2.75) is 19.4 Å². The van der Waals surface area contributed by atoms with E-state index in [-0.39, 0.29) is 24.6 Å². The second kappa shape index (κ2) is 4.21. The molecule has 0 amide bonds. The molecule has 1 rings (SSSR count). The number of hydrogen-bond acceptors (Lipinski definition) is 4. The van der Waals surface area contributed by atoms with E-state index in [9.17, 15) is 9.59 Å². The standard InChI is InChI=1S/C8H12O4/c1-2-11-8(10)6-5-7(6)12-4-3-9/h3,6-7H,2,4-5H2,1H3. The molecular formula is C8H12O4. The predicted octanol–water partition coefficient (Wildman–Crippen LogP) is 0.153. The van der Waals surface area contributed by atoms with Crippen molar-refractivity contribution in [3.05, 3.63) is 0 Å². The van der Waals surface area contributed by atoms with E-state index in [1.54, 1.807) is 6.92 Å². The second-order valence-electron chi connectivity index (χ2n) is 2.63. The highest BCUT2D eigenvalue weighted by Gasteiger charge is 2.45. The minimum absolute atomic E-state index is 0.0700. The van der Waals surface area contributed by atoms with Gasteiger partial charge in [0.05, 0.1) is 18.6 Å². The van der Waals surface area contributed by atoms with Crippen LogP contribution in [0.5, 0.6) is 0 Å². The molecule has 1 aliphatic carbocycles. The van der Waals surface area contributed by atoms with Crippen molar-refractivity contribution in [3.63, 3.8) is 0 Å². The molecule has 1 saturated carbocycles. The molecule has 1 fully saturated rings. The van der Waals surface area contributed by atoms with Crippen molar-refractivity contribution in [2.24, 2.45) is 5.92 Å². The van der Waals surface area contributed by atoms with Gasteiger partial charge in [0.1, 0.15) is 12.9 Å². The summed E-state index contributed by atoms with van der Waals surface area (Å²) >= 11 is 0. The first-order valence-electron chi connectivity index (χ1n) is 4.01. The lowest BCUT2D eigenvalue weighted by Gasteiger charge is -1.99. The molecule has 4 heteroatoms. The lowest BCUT2D eigenvalue weighted by Crippen LogP contribution is -2.11. The van der Waals surface area contributed by atoms with Crippen molar-refractivity contribution in [3.8, 4) is 0 Å². The average Bonchev–Trinajstić information content (AvgIpc) is 2.80. The van der Waals surface area contributed by atoms with Gasteiger partial charge in [-0.15, -0.1) is 0 Å². The van der Waals surface area contributed by atoms with E-state index >= 15 is 0 Å². The fourth-order valence-electron chi connectivity index (χ4n) is 1.02. The zero-order chi connectivity index (χ0) is 8.97. The molecule has 0 bridgehead atoms. The Hall–Kier alpha value is -0.900. The number of rotatable bonds is 5. The van der Waals surface area contributed by atoms with Crippen molar-refractivity contribution < 1.29 is 19.1 Å². The lowest BCUT2D eigenvalue weighted by molar-refractivity contribution is -0.146. The maximum Gasteiger partial charge on any atom is 0.311 e. The van der Waals surface area contributed by atoms with Crippen molar-refractivity contribution in [1.29, 1.82) is 0 Å². The summed E-state index contributed by atoms with van der Waals surface area (Å²) in [5.41, 5.74) is 0. The zero-order valence-corrected chi connectivity index (χ0v) is 6.99. The SMILES string of the molecule is CCOC(=O)C1CC1OCC=O. The van der Waals surface area contributed by atoms with Crippen LogP contribution in [0, 0.1) is 5.92 Å². The molecule has 68 valence electrons. The maximum atomic E-state index is 11.0. The van der Waals surface area contributed by atoms with Gasteiger partial charge in [0.25, 0.3) is 0 Å². The fraction of sp³-hybridized carbons (Fsp3) is 0.750. The van der Waals surface area contributed by atoms with Crippen LogP contribution in [-0.4, -0.2) is 31.6 Å². The molecule has 2 atom stereocenters. The summed E-state index contributed by atoms with van der Waals surface area (Å²) in [6.07, 6.45) is 1.28. The third-order valence-electron chi connectivity index (χ3n) is 1.70. The van der Waals surface area contributed by atoms with E-state index < -0.39 is 0 Å². The third-order valence-corrected chi connectivity index (χ3v) is 1.70. The highest BCUT2D eigenvalue weighted by molar-refractivity contribution is 5.76. The first kappa shape index (κ1) is 9.19. The van der Waals surface area contributed by atoms with E-state index in [0.717, 1.165) is 0 Å². The molecule has 0 saturated heterocycles. The van der Waals surface area contributed by atoms with Crippen molar-refractivity contribution in [1.82, 2.24) is 0 Å². The molecule has 0 aromatic carbocycles. The van der Waals surface area contributed by atoms with Crippen LogP contribution in [0.25, 0.3) is 0 Å². The smallest absolute Gasteiger partial charge is 0.311 e. The molecule has 0 heterocycles. The van der Waals surface area contributed by atoms with Crippen molar-refractivity contribution >= 4 is 12.3 Å². The van der Waals surface area contributed by atoms with Crippen LogP contribution in [0.15, 0.2) is 0 Å². The highest BCUT2D eigenvalue weighted by atomic mass is 16.5. The number of esters is 1. The topological polar surface area (TPSA) is 52.6 Å². The molecular weight excluding hydrogens is 160 g/mol. The summed E-state index contributed by atoms with van der Waals surface area (Å²) in [5, 5.41) is 0. The highest BCUT2D eigenvalue weighted by Crippen LogP contribution is 2.34. The molecule has 4 nitrogen and oxygen atoms in total. The number of carbonyl (C=O) groups excluding carboxylic acids is 2. The number of aldehydes is 1. The van der Waals surface area contributed by atoms with Crippen LogP contribution >= 0.6 is 0 Å². The lowest BCUT2D eigenvalue weighted by atomic mass is 10.4. The third kappa shape index (κ3) is 2.30. The van der Waals surface area contributed by atoms with Crippen LogP contribution in [0.2, 0.25) is 0 Å². The Kier molecular flexibility index (Phi) is 3.22. The molecule has 1 aliphatic rings. The minimum Gasteiger partial charge on any atom is -0.466 e. The fourth-order valence-corrected chi connectivity index (χ4v) is 1.02. The Morgan fingerprint density at radius 3 is 3.00 bits per heavy atom. The minimum atomic E-state index is -0.214. The molecule has 0 N–H and O–H groups in total. The summed E-state index contributed by atoms with van der Waals surface area (Å²) < 4.78 is 9.78. The van der Waals surface area contributed by atoms with Crippen LogP contribution in [0.3, 0.4) is 0 Å². The van der Waals surface area contributed by atoms with Crippen LogP contribution < -0.4 is 0 Å². The van der Waals surface area contributed by atoms with Crippen LogP contribution in [0.1, 0.15) is 13.3 Å². The van der Waals surface area contributed by atoms with E-state index in [1.807, 2.05) is 0 Å². The number of hydrogen-bond donors (Lipinski definition) is 0. The zero-order valence-electron chi connectivity index (χ0n) is 6.99.